The van der Waals surface area contributed by atoms with Gasteiger partial charge in [0.2, 0.25) is 11.8 Å². The molecule has 2 N–H and O–H groups in total. The van der Waals surface area contributed by atoms with E-state index < -0.39 is 17.7 Å². The number of hydrogen-bond donors (Lipinski definition) is 2. The van der Waals surface area contributed by atoms with E-state index in [1.54, 1.807) is 0 Å². The first-order valence-corrected chi connectivity index (χ1v) is 7.27. The number of amides is 2. The van der Waals surface area contributed by atoms with Crippen LogP contribution in [0.3, 0.4) is 0 Å². The highest BCUT2D eigenvalue weighted by Crippen LogP contribution is 2.40. The van der Waals surface area contributed by atoms with Crippen LogP contribution in [0.5, 0.6) is 0 Å². The number of rotatable bonds is 3. The van der Waals surface area contributed by atoms with Gasteiger partial charge in [-0.15, -0.1) is 0 Å². The van der Waals surface area contributed by atoms with Gasteiger partial charge < -0.3 is 10.6 Å². The summed E-state index contributed by atoms with van der Waals surface area (Å²) in [5.74, 6) is -1.33. The molecule has 0 radical (unpaired) electrons. The Balaban J connectivity index is 1.90. The van der Waals surface area contributed by atoms with Crippen LogP contribution < -0.4 is 10.6 Å². The molecule has 4 nitrogen and oxygen atoms in total. The standard InChI is InChI=1S/C16H19F3N2O2/c1-15(2,3)21-14(23)12-8-11(12)13(22)20-10-6-4-9(5-7-10)16(17,18)19/h4-7,11-12H,8H2,1-3H3,(H,20,22)(H,21,23). The Morgan fingerprint density at radius 2 is 1.52 bits per heavy atom. The summed E-state index contributed by atoms with van der Waals surface area (Å²) in [6, 6.07) is 4.22. The van der Waals surface area contributed by atoms with Crippen LogP contribution in [0.1, 0.15) is 32.8 Å². The summed E-state index contributed by atoms with van der Waals surface area (Å²) >= 11 is 0. The van der Waals surface area contributed by atoms with Crippen molar-refractivity contribution >= 4 is 17.5 Å². The molecule has 1 aliphatic carbocycles. The first-order chi connectivity index (χ1) is 10.5. The van der Waals surface area contributed by atoms with Crippen molar-refractivity contribution in [2.45, 2.75) is 38.9 Å². The highest BCUT2D eigenvalue weighted by Gasteiger charge is 2.48. The van der Waals surface area contributed by atoms with Gasteiger partial charge in [-0.1, -0.05) is 0 Å². The minimum atomic E-state index is -4.41. The predicted octanol–water partition coefficient (Wildman–Crippen LogP) is 3.19. The molecule has 7 heteroatoms. The van der Waals surface area contributed by atoms with Gasteiger partial charge in [-0.05, 0) is 51.5 Å². The Morgan fingerprint density at radius 3 is 2.00 bits per heavy atom. The summed E-state index contributed by atoms with van der Waals surface area (Å²) in [6.45, 7) is 5.56. The van der Waals surface area contributed by atoms with Crippen LogP contribution in [0.15, 0.2) is 24.3 Å². The second-order valence-electron chi connectivity index (χ2n) is 6.75. The zero-order chi connectivity index (χ0) is 17.4. The third-order valence-corrected chi connectivity index (χ3v) is 3.44. The average Bonchev–Trinajstić information content (AvgIpc) is 3.16. The molecule has 23 heavy (non-hydrogen) atoms. The summed E-state index contributed by atoms with van der Waals surface area (Å²) < 4.78 is 37.4. The summed E-state index contributed by atoms with van der Waals surface area (Å²) in [5.41, 5.74) is -0.858. The average molecular weight is 328 g/mol. The van der Waals surface area contributed by atoms with Crippen LogP contribution >= 0.6 is 0 Å². The van der Waals surface area contributed by atoms with Gasteiger partial charge in [0.25, 0.3) is 0 Å². The van der Waals surface area contributed by atoms with E-state index in [1.165, 1.54) is 12.1 Å². The Bertz CT molecular complexity index is 603. The van der Waals surface area contributed by atoms with Crippen molar-refractivity contribution in [3.8, 4) is 0 Å². The maximum Gasteiger partial charge on any atom is 0.416 e. The minimum Gasteiger partial charge on any atom is -0.351 e. The molecule has 0 aliphatic heterocycles. The van der Waals surface area contributed by atoms with Crippen molar-refractivity contribution < 1.29 is 22.8 Å². The van der Waals surface area contributed by atoms with Crippen molar-refractivity contribution in [3.05, 3.63) is 29.8 Å². The van der Waals surface area contributed by atoms with Gasteiger partial charge in [0.15, 0.2) is 0 Å². The van der Waals surface area contributed by atoms with E-state index >= 15 is 0 Å². The molecule has 1 fully saturated rings. The highest BCUT2D eigenvalue weighted by atomic mass is 19.4. The van der Waals surface area contributed by atoms with Crippen LogP contribution in [0.25, 0.3) is 0 Å². The van der Waals surface area contributed by atoms with E-state index in [9.17, 15) is 22.8 Å². The van der Waals surface area contributed by atoms with E-state index in [1.807, 2.05) is 20.8 Å². The molecule has 0 saturated heterocycles. The molecule has 2 amide bonds. The van der Waals surface area contributed by atoms with Crippen LogP contribution in [-0.4, -0.2) is 17.4 Å². The Kier molecular flexibility index (Phi) is 4.41. The molecule has 2 unspecified atom stereocenters. The fourth-order valence-corrected chi connectivity index (χ4v) is 2.21. The lowest BCUT2D eigenvalue weighted by molar-refractivity contribution is -0.137. The van der Waals surface area contributed by atoms with Gasteiger partial charge in [-0.25, -0.2) is 0 Å². The molecule has 0 aromatic heterocycles. The van der Waals surface area contributed by atoms with Gasteiger partial charge in [0.05, 0.1) is 17.4 Å². The third-order valence-electron chi connectivity index (χ3n) is 3.44. The summed E-state index contributed by atoms with van der Waals surface area (Å²) in [5, 5.41) is 5.35. The molecule has 126 valence electrons. The van der Waals surface area contributed by atoms with E-state index in [-0.39, 0.29) is 29.0 Å². The summed E-state index contributed by atoms with van der Waals surface area (Å²) in [4.78, 5) is 24.0. The summed E-state index contributed by atoms with van der Waals surface area (Å²) in [7, 11) is 0. The predicted molar refractivity (Wildman–Crippen MR) is 79.6 cm³/mol. The van der Waals surface area contributed by atoms with E-state index in [0.29, 0.717) is 6.42 Å². The lowest BCUT2D eigenvalue weighted by atomic mass is 10.1. The van der Waals surface area contributed by atoms with Crippen molar-refractivity contribution in [2.75, 3.05) is 5.32 Å². The maximum absolute atomic E-state index is 12.5. The number of carbonyl (C=O) groups excluding carboxylic acids is 2. The molecule has 0 spiro atoms. The van der Waals surface area contributed by atoms with Gasteiger partial charge >= 0.3 is 6.18 Å². The van der Waals surface area contributed by atoms with E-state index in [4.69, 9.17) is 0 Å². The molecule has 0 bridgehead atoms. The SMILES string of the molecule is CC(C)(C)NC(=O)C1CC1C(=O)Nc1ccc(C(F)(F)F)cc1. The molecule has 1 aliphatic rings. The molecule has 1 aromatic carbocycles. The number of benzene rings is 1. The molecule has 0 heterocycles. The number of nitrogens with one attached hydrogen (secondary N) is 2. The first-order valence-electron chi connectivity index (χ1n) is 7.27. The summed E-state index contributed by atoms with van der Waals surface area (Å²) in [6.07, 6.45) is -3.95. The monoisotopic (exact) mass is 328 g/mol. The Morgan fingerprint density at radius 1 is 1.00 bits per heavy atom. The lowest BCUT2D eigenvalue weighted by Gasteiger charge is -2.20. The number of hydrogen-bond acceptors (Lipinski definition) is 2. The smallest absolute Gasteiger partial charge is 0.351 e. The topological polar surface area (TPSA) is 58.2 Å². The molecular formula is C16H19F3N2O2. The number of anilines is 1. The van der Waals surface area contributed by atoms with Gasteiger partial charge in [-0.2, -0.15) is 13.2 Å². The molecular weight excluding hydrogens is 309 g/mol. The number of carbonyl (C=O) groups is 2. The zero-order valence-electron chi connectivity index (χ0n) is 13.1. The quantitative estimate of drug-likeness (QED) is 0.895. The van der Waals surface area contributed by atoms with Gasteiger partial charge in [-0.3, -0.25) is 9.59 Å². The van der Waals surface area contributed by atoms with Crippen molar-refractivity contribution in [2.24, 2.45) is 11.8 Å². The molecule has 1 saturated carbocycles. The Labute approximate surface area is 132 Å². The van der Waals surface area contributed by atoms with Crippen LogP contribution in [-0.2, 0) is 15.8 Å². The van der Waals surface area contributed by atoms with Crippen LogP contribution in [0.2, 0.25) is 0 Å². The van der Waals surface area contributed by atoms with Gasteiger partial charge in [0.1, 0.15) is 0 Å². The third kappa shape index (κ3) is 4.71. The number of halogens is 3. The van der Waals surface area contributed by atoms with E-state index in [2.05, 4.69) is 10.6 Å². The first kappa shape index (κ1) is 17.3. The van der Waals surface area contributed by atoms with Gasteiger partial charge in [0, 0.05) is 11.2 Å². The maximum atomic E-state index is 12.5. The normalized spacial score (nSPS) is 20.8. The highest BCUT2D eigenvalue weighted by molar-refractivity contribution is 5.99. The van der Waals surface area contributed by atoms with Crippen LogP contribution in [0, 0.1) is 11.8 Å². The second kappa shape index (κ2) is 5.86. The fraction of sp³-hybridized carbons (Fsp3) is 0.500. The fourth-order valence-electron chi connectivity index (χ4n) is 2.21. The molecule has 1 aromatic rings. The zero-order valence-corrected chi connectivity index (χ0v) is 13.1. The molecule has 2 rings (SSSR count). The molecule has 2 atom stereocenters. The minimum absolute atomic E-state index is 0.176. The van der Waals surface area contributed by atoms with E-state index in [0.717, 1.165) is 12.1 Å². The number of alkyl halides is 3. The Hall–Kier alpha value is -2.05. The van der Waals surface area contributed by atoms with Crippen molar-refractivity contribution in [1.29, 1.82) is 0 Å². The van der Waals surface area contributed by atoms with Crippen molar-refractivity contribution in [3.63, 3.8) is 0 Å². The lowest BCUT2D eigenvalue weighted by Crippen LogP contribution is -2.42. The van der Waals surface area contributed by atoms with Crippen LogP contribution in [0.4, 0.5) is 18.9 Å². The van der Waals surface area contributed by atoms with Crippen molar-refractivity contribution in [1.82, 2.24) is 5.32 Å². The largest absolute Gasteiger partial charge is 0.416 e. The second-order valence-corrected chi connectivity index (χ2v) is 6.75.